The molecule has 3 nitrogen and oxygen atoms in total. The summed E-state index contributed by atoms with van der Waals surface area (Å²) in [4.78, 5) is 12.2. The van der Waals surface area contributed by atoms with E-state index < -0.39 is 0 Å². The van der Waals surface area contributed by atoms with Crippen LogP contribution in [0.3, 0.4) is 0 Å². The average molecular weight is 289 g/mol. The van der Waals surface area contributed by atoms with Crippen LogP contribution in [0.2, 0.25) is 0 Å². The third-order valence-electron chi connectivity index (χ3n) is 2.63. The molecule has 1 aliphatic heterocycles. The van der Waals surface area contributed by atoms with E-state index in [1.807, 2.05) is 18.7 Å². The second kappa shape index (κ2) is 4.70. The largest absolute Gasteiger partial charge is 0.292 e. The third kappa shape index (κ3) is 2.13. The molecule has 2 heterocycles. The molecule has 1 aliphatic rings. The zero-order valence-electron chi connectivity index (χ0n) is 8.57. The lowest BCUT2D eigenvalue weighted by Gasteiger charge is -2.09. The normalized spacial score (nSPS) is 20.8. The van der Waals surface area contributed by atoms with Crippen molar-refractivity contribution in [3.8, 4) is 0 Å². The molecule has 82 valence electrons. The van der Waals surface area contributed by atoms with Crippen molar-refractivity contribution >= 4 is 33.5 Å². The Bertz CT molecular complexity index is 371. The van der Waals surface area contributed by atoms with E-state index in [9.17, 15) is 4.79 Å². The molecule has 0 bridgehead atoms. The van der Waals surface area contributed by atoms with Crippen molar-refractivity contribution in [3.63, 3.8) is 0 Å². The predicted octanol–water partition coefficient (Wildman–Crippen LogP) is 2.60. The van der Waals surface area contributed by atoms with E-state index in [2.05, 4.69) is 21.0 Å². The molecule has 1 atom stereocenters. The van der Waals surface area contributed by atoms with Crippen LogP contribution in [0.4, 0.5) is 0 Å². The first-order valence-electron chi connectivity index (χ1n) is 5.07. The van der Waals surface area contributed by atoms with Crippen LogP contribution < -0.4 is 0 Å². The molecule has 0 spiro atoms. The van der Waals surface area contributed by atoms with Crippen LogP contribution in [0.5, 0.6) is 0 Å². The quantitative estimate of drug-likeness (QED) is 0.802. The van der Waals surface area contributed by atoms with E-state index in [0.717, 1.165) is 34.6 Å². The molecule has 0 amide bonds. The fraction of sp³-hybridized carbons (Fsp3) is 0.600. The SMILES string of the molecule is CCn1ncc(Br)c1C(=O)C1CCSC1. The van der Waals surface area contributed by atoms with Crippen LogP contribution in [0, 0.1) is 5.92 Å². The molecule has 15 heavy (non-hydrogen) atoms. The summed E-state index contributed by atoms with van der Waals surface area (Å²) >= 11 is 5.26. The summed E-state index contributed by atoms with van der Waals surface area (Å²) in [6.07, 6.45) is 2.71. The Hall–Kier alpha value is -0.290. The molecular weight excluding hydrogens is 276 g/mol. The lowest BCUT2D eigenvalue weighted by molar-refractivity contribution is 0.0922. The number of carbonyl (C=O) groups is 1. The summed E-state index contributed by atoms with van der Waals surface area (Å²) in [5, 5.41) is 4.17. The summed E-state index contributed by atoms with van der Waals surface area (Å²) < 4.78 is 2.60. The van der Waals surface area contributed by atoms with E-state index in [0.29, 0.717) is 0 Å². The van der Waals surface area contributed by atoms with Gasteiger partial charge in [0, 0.05) is 18.2 Å². The zero-order valence-corrected chi connectivity index (χ0v) is 11.0. The summed E-state index contributed by atoms with van der Waals surface area (Å²) in [6, 6.07) is 0. The Morgan fingerprint density at radius 3 is 3.20 bits per heavy atom. The van der Waals surface area contributed by atoms with Gasteiger partial charge in [0.15, 0.2) is 5.78 Å². The minimum Gasteiger partial charge on any atom is -0.292 e. The topological polar surface area (TPSA) is 34.9 Å². The van der Waals surface area contributed by atoms with E-state index in [1.165, 1.54) is 0 Å². The Labute approximate surface area is 102 Å². The van der Waals surface area contributed by atoms with E-state index in [-0.39, 0.29) is 11.7 Å². The monoisotopic (exact) mass is 288 g/mol. The van der Waals surface area contributed by atoms with Crippen molar-refractivity contribution in [1.29, 1.82) is 0 Å². The number of hydrogen-bond donors (Lipinski definition) is 0. The molecule has 2 rings (SSSR count). The molecule has 1 aromatic rings. The summed E-state index contributed by atoms with van der Waals surface area (Å²) in [5.41, 5.74) is 0.741. The standard InChI is InChI=1S/C10H13BrN2OS/c1-2-13-9(8(11)5-12-13)10(14)7-3-4-15-6-7/h5,7H,2-4,6H2,1H3. The van der Waals surface area contributed by atoms with Crippen molar-refractivity contribution in [2.45, 2.75) is 19.9 Å². The number of aromatic nitrogens is 2. The van der Waals surface area contributed by atoms with Gasteiger partial charge in [-0.15, -0.1) is 0 Å². The number of halogens is 1. The molecule has 1 aromatic heterocycles. The van der Waals surface area contributed by atoms with E-state index in [4.69, 9.17) is 0 Å². The molecule has 0 aliphatic carbocycles. The molecule has 1 unspecified atom stereocenters. The number of ketones is 1. The second-order valence-corrected chi connectivity index (χ2v) is 5.59. The highest BCUT2D eigenvalue weighted by atomic mass is 79.9. The van der Waals surface area contributed by atoms with Crippen LogP contribution >= 0.6 is 27.7 Å². The molecule has 1 fully saturated rings. The highest BCUT2D eigenvalue weighted by molar-refractivity contribution is 9.10. The Kier molecular flexibility index (Phi) is 3.51. The smallest absolute Gasteiger partial charge is 0.185 e. The van der Waals surface area contributed by atoms with Gasteiger partial charge in [0.2, 0.25) is 0 Å². The minimum absolute atomic E-state index is 0.188. The van der Waals surface area contributed by atoms with Crippen LogP contribution in [-0.2, 0) is 6.54 Å². The predicted molar refractivity (Wildman–Crippen MR) is 65.4 cm³/mol. The highest BCUT2D eigenvalue weighted by Gasteiger charge is 2.28. The molecule has 1 saturated heterocycles. The van der Waals surface area contributed by atoms with Crippen molar-refractivity contribution in [3.05, 3.63) is 16.4 Å². The molecule has 0 radical (unpaired) electrons. The van der Waals surface area contributed by atoms with Crippen molar-refractivity contribution in [1.82, 2.24) is 9.78 Å². The molecule has 0 aromatic carbocycles. The number of nitrogens with zero attached hydrogens (tertiary/aromatic N) is 2. The van der Waals surface area contributed by atoms with Gasteiger partial charge in [0.05, 0.1) is 10.7 Å². The lowest BCUT2D eigenvalue weighted by Crippen LogP contribution is -2.19. The first kappa shape index (κ1) is 11.2. The van der Waals surface area contributed by atoms with Gasteiger partial charge in [-0.25, -0.2) is 0 Å². The van der Waals surface area contributed by atoms with Gasteiger partial charge in [0.1, 0.15) is 5.69 Å². The number of Topliss-reactive ketones (excluding diaryl/α,β-unsaturated/α-hetero) is 1. The first-order valence-corrected chi connectivity index (χ1v) is 7.02. The highest BCUT2D eigenvalue weighted by Crippen LogP contribution is 2.29. The number of thioether (sulfide) groups is 1. The van der Waals surface area contributed by atoms with Crippen LogP contribution in [0.15, 0.2) is 10.7 Å². The molecule has 0 N–H and O–H groups in total. The summed E-state index contributed by atoms with van der Waals surface area (Å²) in [6.45, 7) is 2.74. The maximum absolute atomic E-state index is 12.2. The van der Waals surface area contributed by atoms with Gasteiger partial charge in [0.25, 0.3) is 0 Å². The second-order valence-electron chi connectivity index (χ2n) is 3.58. The molecule has 0 saturated carbocycles. The van der Waals surface area contributed by atoms with Gasteiger partial charge in [-0.1, -0.05) is 0 Å². The third-order valence-corrected chi connectivity index (χ3v) is 4.37. The Morgan fingerprint density at radius 1 is 1.80 bits per heavy atom. The van der Waals surface area contributed by atoms with Crippen LogP contribution in [0.1, 0.15) is 23.8 Å². The Balaban J connectivity index is 2.27. The number of rotatable bonds is 3. The maximum atomic E-state index is 12.2. The first-order chi connectivity index (χ1) is 7.24. The van der Waals surface area contributed by atoms with Crippen LogP contribution in [0.25, 0.3) is 0 Å². The number of hydrogen-bond acceptors (Lipinski definition) is 3. The van der Waals surface area contributed by atoms with Crippen molar-refractivity contribution in [2.24, 2.45) is 5.92 Å². The van der Waals surface area contributed by atoms with Gasteiger partial charge in [-0.3, -0.25) is 9.48 Å². The fourth-order valence-corrected chi connectivity index (χ4v) is 3.49. The minimum atomic E-state index is 0.188. The van der Waals surface area contributed by atoms with Crippen LogP contribution in [-0.4, -0.2) is 27.1 Å². The Morgan fingerprint density at radius 2 is 2.60 bits per heavy atom. The number of carbonyl (C=O) groups excluding carboxylic acids is 1. The van der Waals surface area contributed by atoms with Gasteiger partial charge in [-0.2, -0.15) is 16.9 Å². The van der Waals surface area contributed by atoms with Crippen molar-refractivity contribution < 1.29 is 4.79 Å². The summed E-state index contributed by atoms with van der Waals surface area (Å²) in [5.74, 6) is 2.49. The van der Waals surface area contributed by atoms with Crippen molar-refractivity contribution in [2.75, 3.05) is 11.5 Å². The van der Waals surface area contributed by atoms with Gasteiger partial charge in [-0.05, 0) is 35.0 Å². The maximum Gasteiger partial charge on any atom is 0.185 e. The summed E-state index contributed by atoms with van der Waals surface area (Å²) in [7, 11) is 0. The average Bonchev–Trinajstić information content (AvgIpc) is 2.85. The molecule has 5 heteroatoms. The fourth-order valence-electron chi connectivity index (χ4n) is 1.78. The lowest BCUT2D eigenvalue weighted by atomic mass is 10.0. The van der Waals surface area contributed by atoms with E-state index in [1.54, 1.807) is 10.9 Å². The van der Waals surface area contributed by atoms with Gasteiger partial charge >= 0.3 is 0 Å². The number of aryl methyl sites for hydroxylation is 1. The van der Waals surface area contributed by atoms with E-state index >= 15 is 0 Å². The zero-order chi connectivity index (χ0) is 10.8. The molecular formula is C10H13BrN2OS. The van der Waals surface area contributed by atoms with Gasteiger partial charge < -0.3 is 0 Å².